The lowest BCUT2D eigenvalue weighted by Gasteiger charge is -2.36. The molecule has 1 aliphatic heterocycles. The summed E-state index contributed by atoms with van der Waals surface area (Å²) in [4.78, 5) is 29.3. The van der Waals surface area contributed by atoms with Crippen LogP contribution in [0.1, 0.15) is 34.0 Å². The number of rotatable bonds is 7. The minimum atomic E-state index is -0.199. The van der Waals surface area contributed by atoms with Crippen LogP contribution in [-0.4, -0.2) is 49.5 Å². The van der Waals surface area contributed by atoms with E-state index in [1.165, 1.54) is 11.1 Å². The highest BCUT2D eigenvalue weighted by Crippen LogP contribution is 2.21. The van der Waals surface area contributed by atoms with Gasteiger partial charge in [0.15, 0.2) is 6.61 Å². The second-order valence-corrected chi connectivity index (χ2v) is 8.96. The Kier molecular flexibility index (Phi) is 7.70. The number of piperazine rings is 1. The van der Waals surface area contributed by atoms with Crippen LogP contribution in [-0.2, 0) is 11.2 Å². The Bertz CT molecular complexity index is 1160. The molecule has 0 saturated carbocycles. The number of hydrogen-bond donors (Lipinski definition) is 1. The predicted octanol–water partition coefficient (Wildman–Crippen LogP) is 4.85. The van der Waals surface area contributed by atoms with Crippen LogP contribution >= 0.6 is 0 Å². The van der Waals surface area contributed by atoms with E-state index in [-0.39, 0.29) is 18.4 Å². The normalized spacial score (nSPS) is 13.5. The van der Waals surface area contributed by atoms with Crippen LogP contribution in [0, 0.1) is 13.8 Å². The lowest BCUT2D eigenvalue weighted by Crippen LogP contribution is -2.48. The molecule has 6 nitrogen and oxygen atoms in total. The molecule has 2 amide bonds. The second-order valence-electron chi connectivity index (χ2n) is 8.96. The summed E-state index contributed by atoms with van der Waals surface area (Å²) in [6.07, 6.45) is 0.969. The fourth-order valence-corrected chi connectivity index (χ4v) is 4.14. The van der Waals surface area contributed by atoms with Crippen molar-refractivity contribution in [2.45, 2.75) is 27.2 Å². The van der Waals surface area contributed by atoms with E-state index in [4.69, 9.17) is 4.74 Å². The van der Waals surface area contributed by atoms with Crippen molar-refractivity contribution in [3.63, 3.8) is 0 Å². The Morgan fingerprint density at radius 3 is 2.17 bits per heavy atom. The molecule has 6 heteroatoms. The first-order valence-electron chi connectivity index (χ1n) is 12.2. The zero-order valence-corrected chi connectivity index (χ0v) is 20.7. The molecule has 35 heavy (non-hydrogen) atoms. The molecule has 0 bridgehead atoms. The van der Waals surface area contributed by atoms with E-state index >= 15 is 0 Å². The highest BCUT2D eigenvalue weighted by Gasteiger charge is 2.22. The number of nitrogens with one attached hydrogen (secondary N) is 1. The van der Waals surface area contributed by atoms with Gasteiger partial charge in [0.25, 0.3) is 11.8 Å². The summed E-state index contributed by atoms with van der Waals surface area (Å²) in [5.41, 5.74) is 6.11. The van der Waals surface area contributed by atoms with Gasteiger partial charge in [-0.05, 0) is 85.5 Å². The molecule has 0 aromatic heterocycles. The SMILES string of the molecule is CCc1ccc(C(=O)N2CCN(c3ccc(NC(=O)COc4ccc(C)c(C)c4)cc3)CC2)cc1. The number of aryl methyl sites for hydroxylation is 3. The Hall–Kier alpha value is -3.80. The van der Waals surface area contributed by atoms with Crippen molar-refractivity contribution < 1.29 is 14.3 Å². The highest BCUT2D eigenvalue weighted by molar-refractivity contribution is 5.94. The minimum absolute atomic E-state index is 0.0403. The van der Waals surface area contributed by atoms with Crippen LogP contribution in [0.3, 0.4) is 0 Å². The minimum Gasteiger partial charge on any atom is -0.484 e. The summed E-state index contributed by atoms with van der Waals surface area (Å²) in [6, 6.07) is 21.5. The van der Waals surface area contributed by atoms with Crippen LogP contribution in [0.4, 0.5) is 11.4 Å². The molecule has 0 unspecified atom stereocenters. The van der Waals surface area contributed by atoms with Crippen molar-refractivity contribution in [2.24, 2.45) is 0 Å². The molecule has 0 aliphatic carbocycles. The highest BCUT2D eigenvalue weighted by atomic mass is 16.5. The van der Waals surface area contributed by atoms with Crippen LogP contribution in [0.2, 0.25) is 0 Å². The van der Waals surface area contributed by atoms with Crippen LogP contribution < -0.4 is 15.0 Å². The van der Waals surface area contributed by atoms with Crippen molar-refractivity contribution in [3.05, 3.63) is 89.0 Å². The van der Waals surface area contributed by atoms with Gasteiger partial charge in [-0.1, -0.05) is 25.1 Å². The quantitative estimate of drug-likeness (QED) is 0.535. The molecule has 4 rings (SSSR count). The lowest BCUT2D eigenvalue weighted by molar-refractivity contribution is -0.118. The number of nitrogens with zero attached hydrogens (tertiary/aromatic N) is 2. The molecule has 182 valence electrons. The number of amides is 2. The number of hydrogen-bond acceptors (Lipinski definition) is 4. The van der Waals surface area contributed by atoms with E-state index in [2.05, 4.69) is 17.1 Å². The fraction of sp³-hybridized carbons (Fsp3) is 0.310. The van der Waals surface area contributed by atoms with Crippen molar-refractivity contribution in [3.8, 4) is 5.75 Å². The van der Waals surface area contributed by atoms with Crippen molar-refractivity contribution in [1.82, 2.24) is 4.90 Å². The summed E-state index contributed by atoms with van der Waals surface area (Å²) >= 11 is 0. The molecular formula is C29H33N3O3. The first kappa shape index (κ1) is 24.3. The third-order valence-corrected chi connectivity index (χ3v) is 6.54. The van der Waals surface area contributed by atoms with Gasteiger partial charge in [0.1, 0.15) is 5.75 Å². The largest absolute Gasteiger partial charge is 0.484 e. The average Bonchev–Trinajstić information content (AvgIpc) is 2.89. The predicted molar refractivity (Wildman–Crippen MR) is 140 cm³/mol. The van der Waals surface area contributed by atoms with Gasteiger partial charge in [-0.25, -0.2) is 0 Å². The monoisotopic (exact) mass is 471 g/mol. The Labute approximate surface area is 207 Å². The second kappa shape index (κ2) is 11.1. The van der Waals surface area contributed by atoms with Crippen molar-refractivity contribution in [2.75, 3.05) is 43.0 Å². The van der Waals surface area contributed by atoms with Crippen LogP contribution in [0.15, 0.2) is 66.7 Å². The Morgan fingerprint density at radius 1 is 0.857 bits per heavy atom. The molecule has 0 atom stereocenters. The first-order valence-corrected chi connectivity index (χ1v) is 12.2. The van der Waals surface area contributed by atoms with E-state index in [9.17, 15) is 9.59 Å². The molecule has 1 saturated heterocycles. The summed E-state index contributed by atoms with van der Waals surface area (Å²) in [5, 5.41) is 2.88. The van der Waals surface area contributed by atoms with Gasteiger partial charge in [0.05, 0.1) is 0 Å². The van der Waals surface area contributed by atoms with Gasteiger partial charge in [-0.15, -0.1) is 0 Å². The Balaban J connectivity index is 1.25. The molecule has 1 N–H and O–H groups in total. The van der Waals surface area contributed by atoms with E-state index in [0.717, 1.165) is 42.0 Å². The molecule has 0 radical (unpaired) electrons. The number of benzene rings is 3. The van der Waals surface area contributed by atoms with E-state index in [1.807, 2.05) is 85.5 Å². The molecule has 1 fully saturated rings. The zero-order valence-electron chi connectivity index (χ0n) is 20.7. The van der Waals surface area contributed by atoms with Crippen LogP contribution in [0.5, 0.6) is 5.75 Å². The third-order valence-electron chi connectivity index (χ3n) is 6.54. The van der Waals surface area contributed by atoms with Gasteiger partial charge in [-0.2, -0.15) is 0 Å². The topological polar surface area (TPSA) is 61.9 Å². The van der Waals surface area contributed by atoms with Gasteiger partial charge >= 0.3 is 0 Å². The number of anilines is 2. The Morgan fingerprint density at radius 2 is 1.54 bits per heavy atom. The third kappa shape index (κ3) is 6.21. The standard InChI is InChI=1S/C29H33N3O3/c1-4-23-6-8-24(9-7-23)29(34)32-17-15-31(16-18-32)26-12-10-25(11-13-26)30-28(33)20-35-27-14-5-21(2)22(3)19-27/h5-14,19H,4,15-18,20H2,1-3H3,(H,30,33). The smallest absolute Gasteiger partial charge is 0.262 e. The maximum Gasteiger partial charge on any atom is 0.262 e. The number of carbonyl (C=O) groups is 2. The van der Waals surface area contributed by atoms with E-state index < -0.39 is 0 Å². The number of ether oxygens (including phenoxy) is 1. The summed E-state index contributed by atoms with van der Waals surface area (Å²) in [7, 11) is 0. The van der Waals surface area contributed by atoms with E-state index in [1.54, 1.807) is 0 Å². The molecule has 0 spiro atoms. The summed E-state index contributed by atoms with van der Waals surface area (Å²) in [5.74, 6) is 0.581. The molecule has 3 aromatic rings. The van der Waals surface area contributed by atoms with Gasteiger partial charge in [0.2, 0.25) is 0 Å². The molecule has 1 heterocycles. The van der Waals surface area contributed by atoms with Crippen molar-refractivity contribution in [1.29, 1.82) is 0 Å². The van der Waals surface area contributed by atoms with Gasteiger partial charge in [0, 0.05) is 43.1 Å². The fourth-order valence-electron chi connectivity index (χ4n) is 4.14. The lowest BCUT2D eigenvalue weighted by atomic mass is 10.1. The van der Waals surface area contributed by atoms with Crippen molar-refractivity contribution >= 4 is 23.2 Å². The van der Waals surface area contributed by atoms with E-state index in [0.29, 0.717) is 18.8 Å². The average molecular weight is 472 g/mol. The maximum absolute atomic E-state index is 12.8. The van der Waals surface area contributed by atoms with Gasteiger partial charge < -0.3 is 19.9 Å². The zero-order chi connectivity index (χ0) is 24.8. The van der Waals surface area contributed by atoms with Crippen LogP contribution in [0.25, 0.3) is 0 Å². The summed E-state index contributed by atoms with van der Waals surface area (Å²) in [6.45, 7) is 9.04. The summed E-state index contributed by atoms with van der Waals surface area (Å²) < 4.78 is 5.62. The maximum atomic E-state index is 12.8. The molecule has 1 aliphatic rings. The molecule has 3 aromatic carbocycles. The number of carbonyl (C=O) groups excluding carboxylic acids is 2. The van der Waals surface area contributed by atoms with Gasteiger partial charge in [-0.3, -0.25) is 9.59 Å². The first-order chi connectivity index (χ1) is 16.9. The molecular weight excluding hydrogens is 438 g/mol.